The molecule has 0 aliphatic carbocycles. The van der Waals surface area contributed by atoms with Gasteiger partial charge in [-0.15, -0.1) is 0 Å². The average Bonchev–Trinajstić information content (AvgIpc) is 2.53. The monoisotopic (exact) mass is 322 g/mol. The molecule has 0 aromatic heterocycles. The van der Waals surface area contributed by atoms with E-state index in [1.165, 1.54) is 0 Å². The second-order valence-corrected chi connectivity index (χ2v) is 5.80. The third-order valence-corrected chi connectivity index (χ3v) is 3.58. The van der Waals surface area contributed by atoms with Gasteiger partial charge < -0.3 is 14.2 Å². The summed E-state index contributed by atoms with van der Waals surface area (Å²) in [6, 6.07) is 7.32. The third-order valence-electron chi connectivity index (χ3n) is 3.58. The smallest absolute Gasteiger partial charge is 0.306 e. The molecule has 0 N–H and O–H groups in total. The number of benzene rings is 1. The predicted octanol–water partition coefficient (Wildman–Crippen LogP) is 3.50. The molecule has 0 radical (unpaired) electrons. The Balaban J connectivity index is 2.20. The molecule has 128 valence electrons. The summed E-state index contributed by atoms with van der Waals surface area (Å²) in [6.45, 7) is 6.08. The van der Waals surface area contributed by atoms with Gasteiger partial charge in [0.05, 0.1) is 7.11 Å². The number of carbonyl (C=O) groups excluding carboxylic acids is 2. The zero-order chi connectivity index (χ0) is 17.2. The Kier molecular flexibility index (Phi) is 8.16. The van der Waals surface area contributed by atoms with Gasteiger partial charge in [-0.3, -0.25) is 9.59 Å². The van der Waals surface area contributed by atoms with Gasteiger partial charge in [0.15, 0.2) is 0 Å². The largest absolute Gasteiger partial charge is 0.497 e. The Labute approximate surface area is 137 Å². The molecular formula is C18H26O5. The molecule has 0 spiro atoms. The topological polar surface area (TPSA) is 61.8 Å². The van der Waals surface area contributed by atoms with Gasteiger partial charge in [-0.2, -0.15) is 0 Å². The van der Waals surface area contributed by atoms with Crippen molar-refractivity contribution in [2.45, 2.75) is 52.7 Å². The quantitative estimate of drug-likeness (QED) is 0.651. The summed E-state index contributed by atoms with van der Waals surface area (Å²) < 4.78 is 15.5. The second-order valence-electron chi connectivity index (χ2n) is 5.80. The summed E-state index contributed by atoms with van der Waals surface area (Å²) in [4.78, 5) is 23.2. The highest BCUT2D eigenvalue weighted by Gasteiger charge is 2.13. The first-order valence-electron chi connectivity index (χ1n) is 7.90. The lowest BCUT2D eigenvalue weighted by molar-refractivity contribution is -0.150. The fraction of sp³-hybridized carbons (Fsp3) is 0.556. The number of rotatable bonds is 9. The van der Waals surface area contributed by atoms with Crippen molar-refractivity contribution in [1.29, 1.82) is 0 Å². The van der Waals surface area contributed by atoms with Crippen molar-refractivity contribution in [3.63, 3.8) is 0 Å². The van der Waals surface area contributed by atoms with E-state index in [1.54, 1.807) is 7.11 Å². The Morgan fingerprint density at radius 1 is 1.00 bits per heavy atom. The van der Waals surface area contributed by atoms with Crippen LogP contribution in [0.5, 0.6) is 5.75 Å². The maximum Gasteiger partial charge on any atom is 0.306 e. The third kappa shape index (κ3) is 7.68. The van der Waals surface area contributed by atoms with Crippen LogP contribution in [0.3, 0.4) is 0 Å². The molecule has 0 aliphatic heterocycles. The Hall–Kier alpha value is -2.04. The van der Waals surface area contributed by atoms with Crippen LogP contribution in [-0.4, -0.2) is 25.2 Å². The summed E-state index contributed by atoms with van der Waals surface area (Å²) in [5.41, 5.74) is 0.893. The Morgan fingerprint density at radius 3 is 2.17 bits per heavy atom. The summed E-state index contributed by atoms with van der Waals surface area (Å²) >= 11 is 0. The fourth-order valence-electron chi connectivity index (χ4n) is 1.74. The number of ether oxygens (including phenoxy) is 3. The predicted molar refractivity (Wildman–Crippen MR) is 87.0 cm³/mol. The molecule has 0 fully saturated rings. The molecule has 0 amide bonds. The first-order chi connectivity index (χ1) is 10.9. The van der Waals surface area contributed by atoms with E-state index in [-0.39, 0.29) is 43.4 Å². The number of methoxy groups -OCH3 is 1. The normalized spacial score (nSPS) is 11.9. The molecule has 0 saturated heterocycles. The molecule has 1 aromatic carbocycles. The maximum atomic E-state index is 11.7. The minimum atomic E-state index is -0.314. The zero-order valence-electron chi connectivity index (χ0n) is 14.3. The van der Waals surface area contributed by atoms with Crippen LogP contribution < -0.4 is 4.74 Å². The van der Waals surface area contributed by atoms with Crippen LogP contribution in [0.4, 0.5) is 0 Å². The Morgan fingerprint density at radius 2 is 1.61 bits per heavy atom. The summed E-state index contributed by atoms with van der Waals surface area (Å²) in [5, 5.41) is 0. The summed E-state index contributed by atoms with van der Waals surface area (Å²) in [7, 11) is 1.60. The van der Waals surface area contributed by atoms with Crippen LogP contribution in [0.2, 0.25) is 0 Å². The standard InChI is InChI=1S/C18H26O5/c1-13(2)14(3)23-18(20)7-5-6-17(19)22-12-15-8-10-16(21-4)11-9-15/h8-11,13-14H,5-7,12H2,1-4H3. The van der Waals surface area contributed by atoms with E-state index in [0.29, 0.717) is 6.42 Å². The lowest BCUT2D eigenvalue weighted by Crippen LogP contribution is -2.20. The summed E-state index contributed by atoms with van der Waals surface area (Å²) in [6.07, 6.45) is 0.769. The highest BCUT2D eigenvalue weighted by atomic mass is 16.5. The van der Waals surface area contributed by atoms with E-state index in [1.807, 2.05) is 45.0 Å². The second kappa shape index (κ2) is 9.87. The van der Waals surface area contributed by atoms with Crippen LogP contribution in [0.25, 0.3) is 0 Å². The molecule has 1 aromatic rings. The lowest BCUT2D eigenvalue weighted by Gasteiger charge is -2.16. The SMILES string of the molecule is COc1ccc(COC(=O)CCCC(=O)OC(C)C(C)C)cc1. The van der Waals surface area contributed by atoms with Crippen molar-refractivity contribution >= 4 is 11.9 Å². The molecule has 5 nitrogen and oxygen atoms in total. The van der Waals surface area contributed by atoms with E-state index in [9.17, 15) is 9.59 Å². The minimum Gasteiger partial charge on any atom is -0.497 e. The molecule has 1 rings (SSSR count). The van der Waals surface area contributed by atoms with Crippen LogP contribution in [0.15, 0.2) is 24.3 Å². The molecule has 1 unspecified atom stereocenters. The molecule has 0 bridgehead atoms. The number of carbonyl (C=O) groups is 2. The molecule has 5 heteroatoms. The van der Waals surface area contributed by atoms with Crippen molar-refractivity contribution in [1.82, 2.24) is 0 Å². The lowest BCUT2D eigenvalue weighted by atomic mass is 10.1. The van der Waals surface area contributed by atoms with E-state index in [0.717, 1.165) is 11.3 Å². The van der Waals surface area contributed by atoms with Gasteiger partial charge in [0, 0.05) is 12.8 Å². The first kappa shape index (κ1) is 19.0. The number of hydrogen-bond donors (Lipinski definition) is 0. The van der Waals surface area contributed by atoms with Gasteiger partial charge >= 0.3 is 11.9 Å². The van der Waals surface area contributed by atoms with Crippen LogP contribution in [0.1, 0.15) is 45.6 Å². The van der Waals surface area contributed by atoms with E-state index >= 15 is 0 Å². The average molecular weight is 322 g/mol. The molecule has 0 heterocycles. The van der Waals surface area contributed by atoms with E-state index in [4.69, 9.17) is 14.2 Å². The minimum absolute atomic E-state index is 0.107. The molecule has 23 heavy (non-hydrogen) atoms. The van der Waals surface area contributed by atoms with Crippen molar-refractivity contribution in [3.8, 4) is 5.75 Å². The van der Waals surface area contributed by atoms with E-state index in [2.05, 4.69) is 0 Å². The maximum absolute atomic E-state index is 11.7. The number of hydrogen-bond acceptors (Lipinski definition) is 5. The van der Waals surface area contributed by atoms with Crippen molar-refractivity contribution in [2.24, 2.45) is 5.92 Å². The fourth-order valence-corrected chi connectivity index (χ4v) is 1.74. The van der Waals surface area contributed by atoms with Crippen molar-refractivity contribution < 1.29 is 23.8 Å². The van der Waals surface area contributed by atoms with Crippen LogP contribution in [-0.2, 0) is 25.7 Å². The van der Waals surface area contributed by atoms with Gasteiger partial charge in [0.2, 0.25) is 0 Å². The highest BCUT2D eigenvalue weighted by molar-refractivity contribution is 5.72. The zero-order valence-corrected chi connectivity index (χ0v) is 14.3. The molecular weight excluding hydrogens is 296 g/mol. The van der Waals surface area contributed by atoms with Gasteiger partial charge in [0.25, 0.3) is 0 Å². The summed E-state index contributed by atoms with van der Waals surface area (Å²) in [5.74, 6) is 0.460. The van der Waals surface area contributed by atoms with Gasteiger partial charge in [0.1, 0.15) is 18.5 Å². The molecule has 1 atom stereocenters. The van der Waals surface area contributed by atoms with E-state index < -0.39 is 0 Å². The van der Waals surface area contributed by atoms with Crippen molar-refractivity contribution in [3.05, 3.63) is 29.8 Å². The molecule has 0 aliphatic rings. The van der Waals surface area contributed by atoms with Crippen LogP contribution in [0, 0.1) is 5.92 Å². The van der Waals surface area contributed by atoms with Gasteiger partial charge in [-0.05, 0) is 37.0 Å². The van der Waals surface area contributed by atoms with Crippen molar-refractivity contribution in [2.75, 3.05) is 7.11 Å². The van der Waals surface area contributed by atoms with Gasteiger partial charge in [-0.1, -0.05) is 26.0 Å². The van der Waals surface area contributed by atoms with Crippen LogP contribution >= 0.6 is 0 Å². The highest BCUT2D eigenvalue weighted by Crippen LogP contribution is 2.13. The Bertz CT molecular complexity index is 493. The first-order valence-corrected chi connectivity index (χ1v) is 7.90. The number of esters is 2. The molecule has 0 saturated carbocycles. The van der Waals surface area contributed by atoms with Gasteiger partial charge in [-0.25, -0.2) is 0 Å².